The lowest BCUT2D eigenvalue weighted by Gasteiger charge is -2.37. The van der Waals surface area contributed by atoms with Crippen molar-refractivity contribution in [1.82, 2.24) is 14.8 Å². The first-order valence-electron chi connectivity index (χ1n) is 12.5. The number of hydrogen-bond acceptors (Lipinski definition) is 3. The summed E-state index contributed by atoms with van der Waals surface area (Å²) in [5.41, 5.74) is 2.56. The number of para-hydroxylation sites is 2. The molecule has 0 atom stereocenters. The molecule has 1 aromatic heterocycles. The Bertz CT molecular complexity index is 1110. The fraction of sp³-hybridized carbons (Fsp3) is 0.429. The van der Waals surface area contributed by atoms with Gasteiger partial charge in [-0.3, -0.25) is 9.59 Å². The number of amides is 2. The number of piperidine rings is 2. The molecule has 2 aromatic carbocycles. The number of aromatic amines is 1. The zero-order valence-electron chi connectivity index (χ0n) is 19.6. The van der Waals surface area contributed by atoms with Gasteiger partial charge in [0.1, 0.15) is 5.75 Å². The van der Waals surface area contributed by atoms with Gasteiger partial charge in [-0.2, -0.15) is 0 Å². The van der Waals surface area contributed by atoms with Crippen molar-refractivity contribution >= 4 is 22.7 Å². The number of aromatic nitrogens is 1. The Kier molecular flexibility index (Phi) is 6.84. The number of nitrogens with one attached hydrogen (secondary N) is 1. The Morgan fingerprint density at radius 1 is 0.853 bits per heavy atom. The predicted molar refractivity (Wildman–Crippen MR) is 133 cm³/mol. The molecule has 0 spiro atoms. The molecular formula is C28H33N3O3. The first-order chi connectivity index (χ1) is 16.7. The van der Waals surface area contributed by atoms with Gasteiger partial charge in [-0.05, 0) is 55.4 Å². The highest BCUT2D eigenvalue weighted by atomic mass is 16.5. The molecule has 2 fully saturated rings. The molecule has 1 N–H and O–H groups in total. The molecule has 0 aliphatic carbocycles. The van der Waals surface area contributed by atoms with Gasteiger partial charge in [-0.15, -0.1) is 0 Å². The third-order valence-electron chi connectivity index (χ3n) is 7.39. The second-order valence-electron chi connectivity index (χ2n) is 9.46. The van der Waals surface area contributed by atoms with E-state index in [0.717, 1.165) is 44.5 Å². The highest BCUT2D eigenvalue weighted by molar-refractivity contribution is 5.84. The predicted octanol–water partition coefficient (Wildman–Crippen LogP) is 4.58. The van der Waals surface area contributed by atoms with E-state index in [-0.39, 0.29) is 17.7 Å². The molecule has 0 bridgehead atoms. The van der Waals surface area contributed by atoms with E-state index in [1.165, 1.54) is 16.5 Å². The van der Waals surface area contributed by atoms with E-state index in [2.05, 4.69) is 40.3 Å². The van der Waals surface area contributed by atoms with Crippen molar-refractivity contribution in [3.05, 3.63) is 66.4 Å². The molecule has 2 amide bonds. The standard InChI is InChI=1S/C28H33N3O3/c32-27(14-19-34-23-6-2-1-3-7-23)30-15-12-22(13-16-30)28(33)31-17-10-21(11-18-31)25-20-29-26-9-5-4-8-24(25)26/h1-9,20-22,29H,10-19H2. The maximum absolute atomic E-state index is 13.2. The van der Waals surface area contributed by atoms with E-state index in [9.17, 15) is 9.59 Å². The zero-order valence-corrected chi connectivity index (χ0v) is 19.6. The third-order valence-corrected chi connectivity index (χ3v) is 7.39. The molecule has 2 aliphatic rings. The summed E-state index contributed by atoms with van der Waals surface area (Å²) in [6.45, 7) is 3.34. The summed E-state index contributed by atoms with van der Waals surface area (Å²) in [6.07, 6.45) is 6.04. The summed E-state index contributed by atoms with van der Waals surface area (Å²) >= 11 is 0. The van der Waals surface area contributed by atoms with Crippen molar-refractivity contribution in [1.29, 1.82) is 0 Å². The molecule has 6 heteroatoms. The van der Waals surface area contributed by atoms with Gasteiger partial charge >= 0.3 is 0 Å². The molecule has 3 aromatic rings. The van der Waals surface area contributed by atoms with Gasteiger partial charge in [0.15, 0.2) is 0 Å². The van der Waals surface area contributed by atoms with E-state index in [0.29, 0.717) is 32.0 Å². The minimum absolute atomic E-state index is 0.0363. The van der Waals surface area contributed by atoms with E-state index in [1.54, 1.807) is 0 Å². The maximum atomic E-state index is 13.2. The van der Waals surface area contributed by atoms with Crippen LogP contribution in [0.2, 0.25) is 0 Å². The number of carbonyl (C=O) groups is 2. The van der Waals surface area contributed by atoms with Crippen LogP contribution in [-0.2, 0) is 9.59 Å². The van der Waals surface area contributed by atoms with Gasteiger partial charge in [0.2, 0.25) is 11.8 Å². The summed E-state index contributed by atoms with van der Waals surface area (Å²) in [7, 11) is 0. The molecular weight excluding hydrogens is 426 g/mol. The lowest BCUT2D eigenvalue weighted by Crippen LogP contribution is -2.46. The normalized spacial score (nSPS) is 17.8. The fourth-order valence-electron chi connectivity index (χ4n) is 5.41. The second-order valence-corrected chi connectivity index (χ2v) is 9.46. The number of H-pyrrole nitrogens is 1. The summed E-state index contributed by atoms with van der Waals surface area (Å²) in [5.74, 6) is 1.71. The van der Waals surface area contributed by atoms with Crippen LogP contribution in [0.25, 0.3) is 10.9 Å². The Labute approximate surface area is 200 Å². The SMILES string of the molecule is O=C(CCOc1ccccc1)N1CCC(C(=O)N2CCC(c3c[nH]c4ccccc34)CC2)CC1. The molecule has 3 heterocycles. The maximum Gasteiger partial charge on any atom is 0.225 e. The third kappa shape index (κ3) is 4.96. The zero-order chi connectivity index (χ0) is 23.3. The lowest BCUT2D eigenvalue weighted by atomic mass is 9.88. The Morgan fingerprint density at radius 3 is 2.29 bits per heavy atom. The topological polar surface area (TPSA) is 65.6 Å². The van der Waals surface area contributed by atoms with Crippen molar-refractivity contribution in [2.45, 2.75) is 38.0 Å². The number of hydrogen-bond donors (Lipinski definition) is 1. The number of fused-ring (bicyclic) bond motifs is 1. The second kappa shape index (κ2) is 10.3. The van der Waals surface area contributed by atoms with Crippen LogP contribution in [0.3, 0.4) is 0 Å². The molecule has 5 rings (SSSR count). The molecule has 6 nitrogen and oxygen atoms in total. The number of likely N-dealkylation sites (tertiary alicyclic amines) is 2. The van der Waals surface area contributed by atoms with Gasteiger partial charge < -0.3 is 19.5 Å². The first kappa shape index (κ1) is 22.5. The summed E-state index contributed by atoms with van der Waals surface area (Å²) < 4.78 is 5.65. The van der Waals surface area contributed by atoms with Crippen molar-refractivity contribution < 1.29 is 14.3 Å². The summed E-state index contributed by atoms with van der Waals surface area (Å²) in [5, 5.41) is 1.30. The van der Waals surface area contributed by atoms with Gasteiger partial charge in [-0.1, -0.05) is 36.4 Å². The highest BCUT2D eigenvalue weighted by Gasteiger charge is 2.32. The number of ether oxygens (including phenoxy) is 1. The Hall–Kier alpha value is -3.28. The van der Waals surface area contributed by atoms with Crippen LogP contribution in [0.4, 0.5) is 0 Å². The van der Waals surface area contributed by atoms with Crippen LogP contribution >= 0.6 is 0 Å². The van der Waals surface area contributed by atoms with Crippen molar-refractivity contribution in [2.24, 2.45) is 5.92 Å². The Balaban J connectivity index is 1.06. The highest BCUT2D eigenvalue weighted by Crippen LogP contribution is 2.34. The number of carbonyl (C=O) groups excluding carboxylic acids is 2. The van der Waals surface area contributed by atoms with Gasteiger partial charge in [0.05, 0.1) is 13.0 Å². The van der Waals surface area contributed by atoms with Gasteiger partial charge in [0.25, 0.3) is 0 Å². The molecule has 2 saturated heterocycles. The van der Waals surface area contributed by atoms with E-state index < -0.39 is 0 Å². The molecule has 178 valence electrons. The van der Waals surface area contributed by atoms with Crippen molar-refractivity contribution in [3.63, 3.8) is 0 Å². The van der Waals surface area contributed by atoms with E-state index in [1.807, 2.05) is 35.2 Å². The van der Waals surface area contributed by atoms with Crippen LogP contribution in [0.15, 0.2) is 60.8 Å². The van der Waals surface area contributed by atoms with Gasteiger partial charge in [0, 0.05) is 49.2 Å². The molecule has 34 heavy (non-hydrogen) atoms. The Morgan fingerprint density at radius 2 is 1.53 bits per heavy atom. The fourth-order valence-corrected chi connectivity index (χ4v) is 5.41. The number of benzene rings is 2. The van der Waals surface area contributed by atoms with Crippen LogP contribution in [-0.4, -0.2) is 59.4 Å². The largest absolute Gasteiger partial charge is 0.493 e. The average molecular weight is 460 g/mol. The molecule has 0 unspecified atom stereocenters. The van der Waals surface area contributed by atoms with Crippen molar-refractivity contribution in [2.75, 3.05) is 32.8 Å². The minimum atomic E-state index is 0.0363. The quantitative estimate of drug-likeness (QED) is 0.587. The van der Waals surface area contributed by atoms with Crippen LogP contribution in [0, 0.1) is 5.92 Å². The van der Waals surface area contributed by atoms with E-state index in [4.69, 9.17) is 4.74 Å². The summed E-state index contributed by atoms with van der Waals surface area (Å²) in [6, 6.07) is 18.0. The van der Waals surface area contributed by atoms with Gasteiger partial charge in [-0.25, -0.2) is 0 Å². The van der Waals surface area contributed by atoms with Crippen LogP contribution in [0.5, 0.6) is 5.75 Å². The number of rotatable bonds is 6. The molecule has 0 radical (unpaired) electrons. The first-order valence-corrected chi connectivity index (χ1v) is 12.5. The lowest BCUT2D eigenvalue weighted by molar-refractivity contribution is -0.141. The van der Waals surface area contributed by atoms with Crippen LogP contribution < -0.4 is 4.74 Å². The smallest absolute Gasteiger partial charge is 0.225 e. The minimum Gasteiger partial charge on any atom is -0.493 e. The monoisotopic (exact) mass is 459 g/mol. The van der Waals surface area contributed by atoms with Crippen molar-refractivity contribution in [3.8, 4) is 5.75 Å². The molecule has 2 aliphatic heterocycles. The average Bonchev–Trinajstić information content (AvgIpc) is 3.33. The number of nitrogens with zero attached hydrogens (tertiary/aromatic N) is 2. The van der Waals surface area contributed by atoms with Crippen LogP contribution in [0.1, 0.15) is 43.6 Å². The van der Waals surface area contributed by atoms with E-state index >= 15 is 0 Å². The summed E-state index contributed by atoms with van der Waals surface area (Å²) in [4.78, 5) is 33.0. The molecule has 0 saturated carbocycles.